The summed E-state index contributed by atoms with van der Waals surface area (Å²) in [5.41, 5.74) is 1.81. The minimum Gasteiger partial charge on any atom is -0.489 e. The molecule has 0 aliphatic heterocycles. The topological polar surface area (TPSA) is 60.2 Å². The summed E-state index contributed by atoms with van der Waals surface area (Å²) in [7, 11) is 3.76. The van der Waals surface area contributed by atoms with Crippen molar-refractivity contribution in [2.24, 2.45) is 0 Å². The quantitative estimate of drug-likeness (QED) is 0.445. The average Bonchev–Trinajstić information content (AvgIpc) is 3.51. The Morgan fingerprint density at radius 2 is 1.97 bits per heavy atom. The molecule has 1 saturated carbocycles. The molecule has 0 N–H and O–H groups in total. The van der Waals surface area contributed by atoms with E-state index in [4.69, 9.17) is 9.72 Å². The Labute approximate surface area is 182 Å². The number of rotatable bonds is 6. The van der Waals surface area contributed by atoms with Crippen molar-refractivity contribution in [3.8, 4) is 11.4 Å². The number of aromatic nitrogens is 3. The van der Waals surface area contributed by atoms with Gasteiger partial charge in [-0.3, -0.25) is 0 Å². The molecule has 1 aliphatic carbocycles. The molecule has 2 heterocycles. The van der Waals surface area contributed by atoms with Crippen LogP contribution < -0.4 is 15.3 Å². The van der Waals surface area contributed by atoms with Gasteiger partial charge >= 0.3 is 5.69 Å². The molecule has 8 heteroatoms. The second-order valence-electron chi connectivity index (χ2n) is 7.84. The van der Waals surface area contributed by atoms with E-state index < -0.39 is 0 Å². The zero-order valence-corrected chi connectivity index (χ0v) is 18.0. The minimum atomic E-state index is -0.368. The Morgan fingerprint density at radius 1 is 1.16 bits per heavy atom. The lowest BCUT2D eigenvalue weighted by atomic mass is 10.2. The van der Waals surface area contributed by atoms with Crippen molar-refractivity contribution in [3.63, 3.8) is 0 Å². The van der Waals surface area contributed by atoms with Gasteiger partial charge in [-0.1, -0.05) is 18.2 Å². The van der Waals surface area contributed by atoms with Crippen molar-refractivity contribution in [2.45, 2.75) is 25.4 Å². The summed E-state index contributed by atoms with van der Waals surface area (Å²) in [5, 5.41) is 1.06. The van der Waals surface area contributed by atoms with Crippen LogP contribution in [0, 0.1) is 5.82 Å². The van der Waals surface area contributed by atoms with Gasteiger partial charge in [-0.05, 0) is 42.7 Å². The monoisotopic (exact) mass is 436 g/mol. The van der Waals surface area contributed by atoms with E-state index in [2.05, 4.69) is 4.98 Å². The zero-order chi connectivity index (χ0) is 21.5. The van der Waals surface area contributed by atoms with Gasteiger partial charge in [-0.15, -0.1) is 11.3 Å². The molecule has 0 spiro atoms. The van der Waals surface area contributed by atoms with Crippen LogP contribution in [0.3, 0.4) is 0 Å². The fourth-order valence-corrected chi connectivity index (χ4v) is 4.75. The van der Waals surface area contributed by atoms with Gasteiger partial charge in [-0.2, -0.15) is 4.98 Å². The zero-order valence-electron chi connectivity index (χ0n) is 17.2. The molecular weight excluding hydrogens is 415 g/mol. The molecule has 4 aromatic rings. The predicted octanol–water partition coefficient (Wildman–Crippen LogP) is 4.50. The van der Waals surface area contributed by atoms with Gasteiger partial charge in [0.05, 0.1) is 10.7 Å². The van der Waals surface area contributed by atoms with Gasteiger partial charge < -0.3 is 9.64 Å². The third kappa shape index (κ3) is 3.90. The Morgan fingerprint density at radius 3 is 2.71 bits per heavy atom. The van der Waals surface area contributed by atoms with E-state index in [1.54, 1.807) is 28.0 Å². The molecule has 2 aromatic heterocycles. The van der Waals surface area contributed by atoms with Crippen molar-refractivity contribution in [3.05, 3.63) is 75.4 Å². The molecule has 31 heavy (non-hydrogen) atoms. The van der Waals surface area contributed by atoms with E-state index in [1.807, 2.05) is 43.3 Å². The van der Waals surface area contributed by atoms with Gasteiger partial charge in [0.15, 0.2) is 11.5 Å². The third-order valence-corrected chi connectivity index (χ3v) is 6.36. The summed E-state index contributed by atoms with van der Waals surface area (Å²) in [5.74, 6) is 1.24. The van der Waals surface area contributed by atoms with Crippen LogP contribution in [0.5, 0.6) is 5.75 Å². The highest BCUT2D eigenvalue weighted by Crippen LogP contribution is 2.44. The smallest absolute Gasteiger partial charge is 0.355 e. The summed E-state index contributed by atoms with van der Waals surface area (Å²) in [6, 6.07) is 13.5. The lowest BCUT2D eigenvalue weighted by Crippen LogP contribution is -2.25. The third-order valence-electron chi connectivity index (χ3n) is 5.15. The maximum absolute atomic E-state index is 13.4. The van der Waals surface area contributed by atoms with E-state index in [0.29, 0.717) is 28.8 Å². The first-order chi connectivity index (χ1) is 15.0. The molecular formula is C23H21FN4O2S. The van der Waals surface area contributed by atoms with Crippen molar-refractivity contribution in [1.82, 2.24) is 14.5 Å². The standard InChI is InChI=1S/C23H21FN4O2S/c1-27(2)20-19-21(25-22(31-19)15-9-10-15)28(23(29)26-20)17-7-3-5-14(11-17)13-30-18-8-4-6-16(24)12-18/h3-8,11-12,15H,9-10,13H2,1-2H3. The molecule has 0 bridgehead atoms. The van der Waals surface area contributed by atoms with Crippen molar-refractivity contribution in [1.29, 1.82) is 0 Å². The highest BCUT2D eigenvalue weighted by Gasteiger charge is 2.29. The fraction of sp³-hybridized carbons (Fsp3) is 0.261. The van der Waals surface area contributed by atoms with Gasteiger partial charge in [0.1, 0.15) is 22.9 Å². The summed E-state index contributed by atoms with van der Waals surface area (Å²) in [4.78, 5) is 24.0. The Hall–Kier alpha value is -3.26. The van der Waals surface area contributed by atoms with E-state index in [9.17, 15) is 9.18 Å². The highest BCUT2D eigenvalue weighted by molar-refractivity contribution is 7.19. The number of thiazole rings is 1. The maximum atomic E-state index is 13.4. The van der Waals surface area contributed by atoms with E-state index in [-0.39, 0.29) is 18.1 Å². The molecule has 6 nitrogen and oxygen atoms in total. The molecule has 1 aliphatic rings. The number of ether oxygens (including phenoxy) is 1. The van der Waals surface area contributed by atoms with Crippen LogP contribution in [0.25, 0.3) is 16.0 Å². The van der Waals surface area contributed by atoms with Gasteiger partial charge in [0.2, 0.25) is 0 Å². The molecule has 0 atom stereocenters. The van der Waals surface area contributed by atoms with Crippen molar-refractivity contribution >= 4 is 27.5 Å². The van der Waals surface area contributed by atoms with E-state index >= 15 is 0 Å². The second-order valence-corrected chi connectivity index (χ2v) is 8.87. The summed E-state index contributed by atoms with van der Waals surface area (Å²) >= 11 is 1.62. The largest absolute Gasteiger partial charge is 0.489 e. The minimum absolute atomic E-state index is 0.253. The van der Waals surface area contributed by atoms with Gasteiger partial charge in [0, 0.05) is 26.1 Å². The first kappa shape index (κ1) is 19.7. The molecule has 0 radical (unpaired) electrons. The van der Waals surface area contributed by atoms with Gasteiger partial charge in [-0.25, -0.2) is 18.7 Å². The van der Waals surface area contributed by atoms with Crippen molar-refractivity contribution < 1.29 is 9.13 Å². The van der Waals surface area contributed by atoms with Crippen LogP contribution in [0.1, 0.15) is 29.3 Å². The Bertz CT molecular complexity index is 1330. The van der Waals surface area contributed by atoms with Crippen LogP contribution in [0.4, 0.5) is 10.2 Å². The number of hydrogen-bond donors (Lipinski definition) is 0. The average molecular weight is 437 g/mol. The number of anilines is 1. The summed E-state index contributed by atoms with van der Waals surface area (Å²) < 4.78 is 21.6. The lowest BCUT2D eigenvalue weighted by molar-refractivity contribution is 0.304. The van der Waals surface area contributed by atoms with Crippen LogP contribution in [-0.4, -0.2) is 28.6 Å². The Balaban J connectivity index is 1.54. The molecule has 0 saturated heterocycles. The number of fused-ring (bicyclic) bond motifs is 1. The molecule has 2 aromatic carbocycles. The number of nitrogens with zero attached hydrogens (tertiary/aromatic N) is 4. The maximum Gasteiger partial charge on any atom is 0.355 e. The normalized spacial score (nSPS) is 13.5. The molecule has 0 amide bonds. The second kappa shape index (κ2) is 7.77. The summed E-state index contributed by atoms with van der Waals surface area (Å²) in [6.45, 7) is 0.253. The lowest BCUT2D eigenvalue weighted by Gasteiger charge is -2.14. The number of benzene rings is 2. The Kier molecular flexibility index (Phi) is 4.94. The fourth-order valence-electron chi connectivity index (χ4n) is 3.46. The SMILES string of the molecule is CN(C)c1nc(=O)n(-c2cccc(COc3cccc(F)c3)c2)c2nc(C3CC3)sc12. The van der Waals surface area contributed by atoms with Crippen LogP contribution >= 0.6 is 11.3 Å². The first-order valence-corrected chi connectivity index (χ1v) is 10.9. The first-order valence-electron chi connectivity index (χ1n) is 10.1. The summed E-state index contributed by atoms with van der Waals surface area (Å²) in [6.07, 6.45) is 2.28. The number of halogens is 1. The number of hydrogen-bond acceptors (Lipinski definition) is 6. The van der Waals surface area contributed by atoms with Gasteiger partial charge in [0.25, 0.3) is 0 Å². The van der Waals surface area contributed by atoms with Crippen LogP contribution in [0.15, 0.2) is 53.3 Å². The predicted molar refractivity (Wildman–Crippen MR) is 120 cm³/mol. The molecule has 0 unspecified atom stereocenters. The molecule has 5 rings (SSSR count). The van der Waals surface area contributed by atoms with Crippen LogP contribution in [0.2, 0.25) is 0 Å². The van der Waals surface area contributed by atoms with Crippen molar-refractivity contribution in [2.75, 3.05) is 19.0 Å². The van der Waals surface area contributed by atoms with E-state index in [0.717, 1.165) is 28.1 Å². The molecule has 1 fully saturated rings. The highest BCUT2D eigenvalue weighted by atomic mass is 32.1. The van der Waals surface area contributed by atoms with Crippen LogP contribution in [-0.2, 0) is 6.61 Å². The van der Waals surface area contributed by atoms with E-state index in [1.165, 1.54) is 12.1 Å². The molecule has 158 valence electrons.